The fourth-order valence-electron chi connectivity index (χ4n) is 12.2. The van der Waals surface area contributed by atoms with Crippen LogP contribution in [0, 0.1) is 20.7 Å². The van der Waals surface area contributed by atoms with E-state index in [1.54, 1.807) is 0 Å². The molecule has 4 aliphatic rings. The smallest absolute Gasteiger partial charge is 0.264 e. The molecule has 4 heteroatoms. The van der Waals surface area contributed by atoms with Gasteiger partial charge in [0.25, 0.3) is 6.71 Å². The van der Waals surface area contributed by atoms with E-state index in [2.05, 4.69) is 200 Å². The summed E-state index contributed by atoms with van der Waals surface area (Å²) in [6.45, 7) is 1.84. The SMILES string of the molecule is [2H]C([2H])([2H])c1cc2c3c(c1)N(c1ccccc1)c1c(sc4cc5c(cc14)-c1ccccc1C51c4ccccc4-c4ccccc41)B3c1ccc(-c3c(C)cccc3C)cc1N2c1ccccc1. The molecule has 2 nitrogen and oxygen atoms in total. The van der Waals surface area contributed by atoms with Crippen molar-refractivity contribution in [2.24, 2.45) is 0 Å². The standard InChI is InChI=1S/C60H41BN2S/c1-36-31-53-57-54(32-36)63(41-21-8-5-9-22-41)58-46-34-45-44-25-12-15-28-49(44)60(47-26-13-10-23-42(47)43-24-11-14-27-48(43)60)50(45)35-55(46)64-59(58)61(57)51-30-29-39(56-37(2)17-16-18-38(56)3)33-52(51)62(53)40-19-6-4-7-20-40/h4-35H,1-3H3/i1D3. The van der Waals surface area contributed by atoms with Crippen LogP contribution in [0.1, 0.15) is 43.1 Å². The molecule has 10 aromatic rings. The lowest BCUT2D eigenvalue weighted by atomic mass is 9.36. The Hall–Kier alpha value is -7.40. The van der Waals surface area contributed by atoms with Gasteiger partial charge in [0.15, 0.2) is 0 Å². The van der Waals surface area contributed by atoms with Gasteiger partial charge in [-0.15, -0.1) is 11.3 Å². The zero-order valence-electron chi connectivity index (χ0n) is 38.4. The van der Waals surface area contributed by atoms with Crippen molar-refractivity contribution in [3.05, 3.63) is 233 Å². The van der Waals surface area contributed by atoms with Gasteiger partial charge in [0, 0.05) is 47.4 Å². The van der Waals surface area contributed by atoms with Gasteiger partial charge in [0.2, 0.25) is 0 Å². The topological polar surface area (TPSA) is 6.48 Å². The van der Waals surface area contributed by atoms with Crippen molar-refractivity contribution in [2.75, 3.05) is 9.80 Å². The average Bonchev–Trinajstić information content (AvgIpc) is 3.97. The largest absolute Gasteiger partial charge is 0.311 e. The van der Waals surface area contributed by atoms with Gasteiger partial charge in [-0.2, -0.15) is 0 Å². The molecule has 0 radical (unpaired) electrons. The van der Waals surface area contributed by atoms with Crippen molar-refractivity contribution in [2.45, 2.75) is 26.1 Å². The maximum Gasteiger partial charge on any atom is 0.264 e. The normalized spacial score (nSPS) is 15.1. The third kappa shape index (κ3) is 4.60. The van der Waals surface area contributed by atoms with Crippen molar-refractivity contribution >= 4 is 78.0 Å². The molecule has 0 amide bonds. The lowest BCUT2D eigenvalue weighted by molar-refractivity contribution is 0.795. The molecular weight excluding hydrogens is 792 g/mol. The minimum absolute atomic E-state index is 0.172. The van der Waals surface area contributed by atoms with Gasteiger partial charge < -0.3 is 9.80 Å². The Morgan fingerprint density at radius 1 is 0.500 bits per heavy atom. The van der Waals surface area contributed by atoms with E-state index in [0.717, 1.165) is 45.2 Å². The highest BCUT2D eigenvalue weighted by molar-refractivity contribution is 7.33. The molecule has 1 spiro atoms. The number of aryl methyl sites for hydroxylation is 3. The van der Waals surface area contributed by atoms with Crippen LogP contribution in [0.4, 0.5) is 34.1 Å². The third-order valence-electron chi connectivity index (χ3n) is 14.6. The second-order valence-electron chi connectivity index (χ2n) is 17.8. The molecule has 0 N–H and O–H groups in total. The summed E-state index contributed by atoms with van der Waals surface area (Å²) in [5, 5.41) is 1.17. The third-order valence-corrected chi connectivity index (χ3v) is 15.8. The van der Waals surface area contributed by atoms with E-state index in [9.17, 15) is 0 Å². The molecular formula is C60H41BN2S. The van der Waals surface area contributed by atoms with Gasteiger partial charge in [-0.1, -0.05) is 140 Å². The average molecular weight is 836 g/mol. The van der Waals surface area contributed by atoms with Gasteiger partial charge in [-0.05, 0) is 159 Å². The minimum Gasteiger partial charge on any atom is -0.311 e. The summed E-state index contributed by atoms with van der Waals surface area (Å²) in [6, 6.07) is 70.4. The van der Waals surface area contributed by atoms with Gasteiger partial charge in [0.1, 0.15) is 0 Å². The van der Waals surface area contributed by atoms with E-state index in [0.29, 0.717) is 5.56 Å². The molecule has 0 saturated heterocycles. The van der Waals surface area contributed by atoms with Crippen molar-refractivity contribution in [3.8, 4) is 33.4 Å². The lowest BCUT2D eigenvalue weighted by Gasteiger charge is -2.43. The molecule has 0 bridgehead atoms. The van der Waals surface area contributed by atoms with Gasteiger partial charge in [-0.25, -0.2) is 0 Å². The van der Waals surface area contributed by atoms with Crippen LogP contribution in [0.5, 0.6) is 0 Å². The highest BCUT2D eigenvalue weighted by Gasteiger charge is 2.52. The Morgan fingerprint density at radius 3 is 1.69 bits per heavy atom. The van der Waals surface area contributed by atoms with Crippen LogP contribution in [0.15, 0.2) is 194 Å². The molecule has 9 aromatic carbocycles. The summed E-state index contributed by atoms with van der Waals surface area (Å²) >= 11 is 1.89. The van der Waals surface area contributed by atoms with Crippen LogP contribution in [0.3, 0.4) is 0 Å². The summed E-state index contributed by atoms with van der Waals surface area (Å²) in [4.78, 5) is 4.70. The maximum absolute atomic E-state index is 8.99. The van der Waals surface area contributed by atoms with Gasteiger partial charge in [0.05, 0.1) is 11.1 Å². The highest BCUT2D eigenvalue weighted by Crippen LogP contribution is 2.64. The predicted molar refractivity (Wildman–Crippen MR) is 272 cm³/mol. The first-order valence-corrected chi connectivity index (χ1v) is 23.0. The summed E-state index contributed by atoms with van der Waals surface area (Å²) in [6.07, 6.45) is 0. The molecule has 3 heterocycles. The highest BCUT2D eigenvalue weighted by atomic mass is 32.1. The Kier molecular flexibility index (Phi) is 6.78. The van der Waals surface area contributed by atoms with Crippen LogP contribution in [0.2, 0.25) is 0 Å². The van der Waals surface area contributed by atoms with Crippen LogP contribution in [0.25, 0.3) is 43.5 Å². The predicted octanol–water partition coefficient (Wildman–Crippen LogP) is 13.9. The molecule has 0 unspecified atom stereocenters. The number of thiophene rings is 1. The van der Waals surface area contributed by atoms with E-state index < -0.39 is 12.3 Å². The maximum atomic E-state index is 8.99. The zero-order valence-corrected chi connectivity index (χ0v) is 36.2. The molecule has 0 fully saturated rings. The van der Waals surface area contributed by atoms with E-state index >= 15 is 0 Å². The van der Waals surface area contributed by atoms with Gasteiger partial charge in [-0.3, -0.25) is 0 Å². The van der Waals surface area contributed by atoms with Crippen LogP contribution >= 0.6 is 11.3 Å². The first kappa shape index (κ1) is 33.2. The second-order valence-corrected chi connectivity index (χ2v) is 18.9. The Morgan fingerprint density at radius 2 is 1.06 bits per heavy atom. The molecule has 300 valence electrons. The van der Waals surface area contributed by atoms with Crippen LogP contribution < -0.4 is 25.5 Å². The first-order chi connectivity index (χ1) is 32.7. The van der Waals surface area contributed by atoms with Crippen LogP contribution in [-0.4, -0.2) is 6.71 Å². The first-order valence-electron chi connectivity index (χ1n) is 23.7. The lowest BCUT2D eigenvalue weighted by Crippen LogP contribution is -2.60. The number of hydrogen-bond donors (Lipinski definition) is 0. The molecule has 2 aliphatic heterocycles. The van der Waals surface area contributed by atoms with Crippen molar-refractivity contribution in [1.29, 1.82) is 0 Å². The summed E-state index contributed by atoms with van der Waals surface area (Å²) in [5.74, 6) is 0. The van der Waals surface area contributed by atoms with Crippen molar-refractivity contribution in [3.63, 3.8) is 0 Å². The number of benzene rings is 9. The van der Waals surface area contributed by atoms with Crippen LogP contribution in [-0.2, 0) is 5.41 Å². The zero-order chi connectivity index (χ0) is 44.9. The number of hydrogen-bond acceptors (Lipinski definition) is 3. The number of rotatable bonds is 3. The Labute approximate surface area is 382 Å². The van der Waals surface area contributed by atoms with E-state index in [1.807, 2.05) is 29.5 Å². The van der Waals surface area contributed by atoms with E-state index in [4.69, 9.17) is 4.11 Å². The molecule has 2 aliphatic carbocycles. The summed E-state index contributed by atoms with van der Waals surface area (Å²) in [7, 11) is 0. The quantitative estimate of drug-likeness (QED) is 0.164. The number of fused-ring (bicyclic) bond motifs is 16. The fourth-order valence-corrected chi connectivity index (χ4v) is 13.5. The number of para-hydroxylation sites is 2. The summed E-state index contributed by atoms with van der Waals surface area (Å²) < 4.78 is 29.4. The molecule has 0 atom stereocenters. The Balaban J connectivity index is 1.11. The monoisotopic (exact) mass is 835 g/mol. The minimum atomic E-state index is -2.37. The number of anilines is 6. The molecule has 14 rings (SSSR count). The summed E-state index contributed by atoms with van der Waals surface area (Å²) in [5.41, 5.74) is 23.2. The van der Waals surface area contributed by atoms with E-state index in [-0.39, 0.29) is 6.71 Å². The van der Waals surface area contributed by atoms with Crippen molar-refractivity contribution < 1.29 is 4.11 Å². The molecule has 64 heavy (non-hydrogen) atoms. The Bertz CT molecular complexity index is 3680. The van der Waals surface area contributed by atoms with Gasteiger partial charge >= 0.3 is 0 Å². The van der Waals surface area contributed by atoms with E-state index in [1.165, 1.54) is 81.5 Å². The fraction of sp³-hybridized carbons (Fsp3) is 0.0667. The van der Waals surface area contributed by atoms with Crippen molar-refractivity contribution in [1.82, 2.24) is 0 Å². The second kappa shape index (κ2) is 13.1. The molecule has 0 saturated carbocycles. The number of nitrogens with zero attached hydrogens (tertiary/aromatic N) is 2. The molecule has 1 aromatic heterocycles.